The third-order valence-electron chi connectivity index (χ3n) is 4.79. The maximum Gasteiger partial charge on any atom is 0.191 e. The monoisotopic (exact) mass is 555 g/mol. The van der Waals surface area contributed by atoms with E-state index >= 15 is 0 Å². The number of halogens is 1. The second kappa shape index (κ2) is 14.1. The normalized spacial score (nSPS) is 13.0. The molecule has 0 aliphatic carbocycles. The highest BCUT2D eigenvalue weighted by molar-refractivity contribution is 14.0. The van der Waals surface area contributed by atoms with Crippen molar-refractivity contribution in [3.8, 4) is 17.2 Å². The fourth-order valence-corrected chi connectivity index (χ4v) is 3.17. The number of aryl methyl sites for hydroxylation is 1. The zero-order valence-corrected chi connectivity index (χ0v) is 21.4. The summed E-state index contributed by atoms with van der Waals surface area (Å²) in [6.07, 6.45) is 0.896. The molecule has 0 atom stereocenters. The summed E-state index contributed by atoms with van der Waals surface area (Å²) in [6.45, 7) is 8.47. The molecule has 1 aliphatic rings. The van der Waals surface area contributed by atoms with Crippen molar-refractivity contribution < 1.29 is 18.9 Å². The number of ether oxygens (including phenoxy) is 4. The predicted molar refractivity (Wildman–Crippen MR) is 138 cm³/mol. The molecule has 0 saturated heterocycles. The van der Waals surface area contributed by atoms with Gasteiger partial charge in [-0.3, -0.25) is 0 Å². The van der Waals surface area contributed by atoms with Crippen LogP contribution in [0, 0.1) is 6.92 Å². The molecule has 7 nitrogen and oxygen atoms in total. The van der Waals surface area contributed by atoms with E-state index in [4.69, 9.17) is 23.9 Å². The highest BCUT2D eigenvalue weighted by atomic mass is 127. The van der Waals surface area contributed by atoms with Gasteiger partial charge in [0.2, 0.25) is 0 Å². The minimum atomic E-state index is 0. The number of nitrogens with one attached hydrogen (secondary N) is 2. The Hall–Kier alpha value is -2.20. The Kier molecular flexibility index (Phi) is 11.4. The Balaban J connectivity index is 0.00000363. The fourth-order valence-electron chi connectivity index (χ4n) is 3.17. The number of guanidine groups is 1. The van der Waals surface area contributed by atoms with Crippen molar-refractivity contribution in [3.05, 3.63) is 53.1 Å². The highest BCUT2D eigenvalue weighted by Gasteiger charge is 2.11. The van der Waals surface area contributed by atoms with Gasteiger partial charge in [0.1, 0.15) is 12.4 Å². The summed E-state index contributed by atoms with van der Waals surface area (Å²) in [5.41, 5.74) is 3.30. The van der Waals surface area contributed by atoms with E-state index < -0.39 is 0 Å². The van der Waals surface area contributed by atoms with Crippen LogP contribution in [-0.4, -0.2) is 46.0 Å². The molecule has 8 heteroatoms. The first kappa shape index (κ1) is 26.1. The molecule has 1 aliphatic heterocycles. The van der Waals surface area contributed by atoms with Gasteiger partial charge in [-0.15, -0.1) is 24.0 Å². The summed E-state index contributed by atoms with van der Waals surface area (Å²) in [4.78, 5) is 4.73. The largest absolute Gasteiger partial charge is 0.491 e. The Labute approximate surface area is 207 Å². The molecule has 1 heterocycles. The summed E-state index contributed by atoms with van der Waals surface area (Å²) in [5, 5.41) is 6.70. The molecule has 2 aromatic rings. The SMILES string of the molecule is CCNC(=NCc1ccc2c(c1)OCCCO2)NCc1ccc(C)cc1OCCOC.I. The summed E-state index contributed by atoms with van der Waals surface area (Å²) in [7, 11) is 1.67. The number of aliphatic imine (C=N–C) groups is 1. The van der Waals surface area contributed by atoms with Crippen LogP contribution in [-0.2, 0) is 17.8 Å². The molecule has 2 N–H and O–H groups in total. The lowest BCUT2D eigenvalue weighted by atomic mass is 10.1. The van der Waals surface area contributed by atoms with Gasteiger partial charge in [-0.05, 0) is 43.2 Å². The minimum absolute atomic E-state index is 0. The van der Waals surface area contributed by atoms with Gasteiger partial charge in [-0.1, -0.05) is 18.2 Å². The van der Waals surface area contributed by atoms with E-state index in [1.807, 2.05) is 18.2 Å². The van der Waals surface area contributed by atoms with Crippen molar-refractivity contribution in [2.75, 3.05) is 40.1 Å². The highest BCUT2D eigenvalue weighted by Crippen LogP contribution is 2.30. The molecular weight excluding hydrogens is 521 g/mol. The topological polar surface area (TPSA) is 73.3 Å². The molecule has 0 amide bonds. The van der Waals surface area contributed by atoms with Crippen molar-refractivity contribution >= 4 is 29.9 Å². The zero-order valence-electron chi connectivity index (χ0n) is 19.1. The molecule has 2 aromatic carbocycles. The average Bonchev–Trinajstić information content (AvgIpc) is 3.02. The van der Waals surface area contributed by atoms with Crippen LogP contribution >= 0.6 is 24.0 Å². The number of fused-ring (bicyclic) bond motifs is 1. The van der Waals surface area contributed by atoms with Crippen LogP contribution in [0.1, 0.15) is 30.0 Å². The van der Waals surface area contributed by atoms with Crippen LogP contribution < -0.4 is 24.8 Å². The van der Waals surface area contributed by atoms with Crippen molar-refractivity contribution in [3.63, 3.8) is 0 Å². The molecule has 176 valence electrons. The molecule has 0 bridgehead atoms. The van der Waals surface area contributed by atoms with Gasteiger partial charge in [0, 0.05) is 32.2 Å². The van der Waals surface area contributed by atoms with Crippen LogP contribution in [0.3, 0.4) is 0 Å². The van der Waals surface area contributed by atoms with E-state index in [9.17, 15) is 0 Å². The third kappa shape index (κ3) is 8.05. The lowest BCUT2D eigenvalue weighted by Gasteiger charge is -2.15. The Morgan fingerprint density at radius 1 is 1.03 bits per heavy atom. The van der Waals surface area contributed by atoms with Crippen molar-refractivity contribution in [2.45, 2.75) is 33.4 Å². The van der Waals surface area contributed by atoms with Gasteiger partial charge in [0.15, 0.2) is 17.5 Å². The first-order valence-electron chi connectivity index (χ1n) is 10.8. The molecule has 0 unspecified atom stereocenters. The minimum Gasteiger partial charge on any atom is -0.491 e. The van der Waals surface area contributed by atoms with E-state index in [-0.39, 0.29) is 24.0 Å². The summed E-state index contributed by atoms with van der Waals surface area (Å²) < 4.78 is 22.5. The lowest BCUT2D eigenvalue weighted by molar-refractivity contribution is 0.145. The van der Waals surface area contributed by atoms with E-state index in [1.165, 1.54) is 0 Å². The van der Waals surface area contributed by atoms with E-state index in [0.29, 0.717) is 39.5 Å². The smallest absolute Gasteiger partial charge is 0.191 e. The Bertz CT molecular complexity index is 876. The van der Waals surface area contributed by atoms with E-state index in [2.05, 4.69) is 42.7 Å². The second-order valence-electron chi connectivity index (χ2n) is 7.33. The van der Waals surface area contributed by atoms with Crippen LogP contribution in [0.15, 0.2) is 41.4 Å². The number of rotatable bonds is 9. The molecule has 32 heavy (non-hydrogen) atoms. The van der Waals surface area contributed by atoms with E-state index in [1.54, 1.807) is 7.11 Å². The first-order chi connectivity index (χ1) is 15.2. The molecule has 0 fully saturated rings. The third-order valence-corrected chi connectivity index (χ3v) is 4.79. The number of methoxy groups -OCH3 is 1. The van der Waals surface area contributed by atoms with Crippen LogP contribution in [0.4, 0.5) is 0 Å². The predicted octanol–water partition coefficient (Wildman–Crippen LogP) is 4.05. The van der Waals surface area contributed by atoms with Gasteiger partial charge in [0.25, 0.3) is 0 Å². The first-order valence-corrected chi connectivity index (χ1v) is 10.8. The van der Waals surface area contributed by atoms with Crippen molar-refractivity contribution in [2.24, 2.45) is 4.99 Å². The average molecular weight is 555 g/mol. The van der Waals surface area contributed by atoms with Gasteiger partial charge >= 0.3 is 0 Å². The van der Waals surface area contributed by atoms with Gasteiger partial charge in [0.05, 0.1) is 26.4 Å². The molecule has 0 spiro atoms. The maximum atomic E-state index is 5.89. The quantitative estimate of drug-likeness (QED) is 0.211. The molecule has 3 rings (SSSR count). The second-order valence-corrected chi connectivity index (χ2v) is 7.33. The number of nitrogens with zero attached hydrogens (tertiary/aromatic N) is 1. The number of hydrogen-bond donors (Lipinski definition) is 2. The maximum absolute atomic E-state index is 5.89. The summed E-state index contributed by atoms with van der Waals surface area (Å²) in [5.74, 6) is 3.21. The van der Waals surface area contributed by atoms with Crippen LogP contribution in [0.2, 0.25) is 0 Å². The fraction of sp³-hybridized carbons (Fsp3) is 0.458. The van der Waals surface area contributed by atoms with Gasteiger partial charge in [-0.25, -0.2) is 4.99 Å². The Morgan fingerprint density at radius 2 is 1.84 bits per heavy atom. The van der Waals surface area contributed by atoms with Crippen molar-refractivity contribution in [1.82, 2.24) is 10.6 Å². The standard InChI is InChI=1S/C24H33N3O4.HI/c1-4-25-24(26-16-19-7-9-21-23(15-19)30-11-5-10-29-21)27-17-20-8-6-18(2)14-22(20)31-13-12-28-3;/h6-9,14-15H,4-5,10-13,16-17H2,1-3H3,(H2,25,26,27);1H. The van der Waals surface area contributed by atoms with Crippen LogP contribution in [0.25, 0.3) is 0 Å². The number of benzene rings is 2. The lowest BCUT2D eigenvalue weighted by Crippen LogP contribution is -2.36. The summed E-state index contributed by atoms with van der Waals surface area (Å²) >= 11 is 0. The molecule has 0 saturated carbocycles. The molecule has 0 radical (unpaired) electrons. The van der Waals surface area contributed by atoms with Gasteiger partial charge < -0.3 is 29.6 Å². The van der Waals surface area contributed by atoms with Crippen molar-refractivity contribution in [1.29, 1.82) is 0 Å². The number of hydrogen-bond acceptors (Lipinski definition) is 5. The van der Waals surface area contributed by atoms with E-state index in [0.717, 1.165) is 52.9 Å². The summed E-state index contributed by atoms with van der Waals surface area (Å²) in [6, 6.07) is 12.2. The molecular formula is C24H34IN3O4. The van der Waals surface area contributed by atoms with Gasteiger partial charge in [-0.2, -0.15) is 0 Å². The molecule has 0 aromatic heterocycles. The zero-order chi connectivity index (χ0) is 21.9. The van der Waals surface area contributed by atoms with Crippen LogP contribution in [0.5, 0.6) is 17.2 Å². The Morgan fingerprint density at radius 3 is 2.62 bits per heavy atom.